The molecule has 0 heterocycles. The molecule has 0 aliphatic carbocycles. The van der Waals surface area contributed by atoms with E-state index >= 15 is 0 Å². The third-order valence-corrected chi connectivity index (χ3v) is 3.60. The molecule has 0 aliphatic rings. The summed E-state index contributed by atoms with van der Waals surface area (Å²) in [5, 5.41) is 14.3. The zero-order chi connectivity index (χ0) is 18.4. The molecule has 0 aromatic heterocycles. The molecule has 0 spiro atoms. The number of carbonyl (C=O) groups is 1. The molecule has 2 amide bonds. The van der Waals surface area contributed by atoms with Crippen molar-refractivity contribution in [2.24, 2.45) is 0 Å². The van der Waals surface area contributed by atoms with Crippen LogP contribution >= 0.6 is 0 Å². The first-order valence-corrected chi connectivity index (χ1v) is 7.47. The van der Waals surface area contributed by atoms with Crippen molar-refractivity contribution >= 4 is 11.7 Å². The number of nitrogens with zero attached hydrogens (tertiary/aromatic N) is 1. The monoisotopic (exact) mass is 343 g/mol. The van der Waals surface area contributed by atoms with Crippen LogP contribution in [0, 0.1) is 17.1 Å². The highest BCUT2D eigenvalue weighted by Crippen LogP contribution is 2.29. The Kier molecular flexibility index (Phi) is 5.79. The van der Waals surface area contributed by atoms with Gasteiger partial charge in [-0.25, -0.2) is 9.18 Å². The molecule has 0 radical (unpaired) electrons. The van der Waals surface area contributed by atoms with Crippen LogP contribution in [-0.2, 0) is 0 Å². The lowest BCUT2D eigenvalue weighted by atomic mass is 10.1. The van der Waals surface area contributed by atoms with Crippen LogP contribution in [0.3, 0.4) is 0 Å². The normalized spacial score (nSPS) is 11.2. The molecule has 2 N–H and O–H groups in total. The number of hydrogen-bond acceptors (Lipinski definition) is 4. The second kappa shape index (κ2) is 8.02. The van der Waals surface area contributed by atoms with Crippen LogP contribution in [0.5, 0.6) is 11.5 Å². The predicted octanol–water partition coefficient (Wildman–Crippen LogP) is 3.60. The maximum Gasteiger partial charge on any atom is 0.319 e. The summed E-state index contributed by atoms with van der Waals surface area (Å²) in [6, 6.07) is 9.76. The van der Waals surface area contributed by atoms with E-state index in [9.17, 15) is 9.18 Å². The Labute approximate surface area is 145 Å². The number of ether oxygens (including phenoxy) is 2. The first kappa shape index (κ1) is 18.1. The number of amides is 2. The van der Waals surface area contributed by atoms with Crippen molar-refractivity contribution in [1.29, 1.82) is 5.26 Å². The van der Waals surface area contributed by atoms with Crippen LogP contribution < -0.4 is 20.1 Å². The van der Waals surface area contributed by atoms with Crippen LogP contribution in [-0.4, -0.2) is 20.3 Å². The van der Waals surface area contributed by atoms with Gasteiger partial charge in [-0.15, -0.1) is 0 Å². The van der Waals surface area contributed by atoms with E-state index in [0.717, 1.165) is 11.6 Å². The lowest BCUT2D eigenvalue weighted by Gasteiger charge is -2.19. The van der Waals surface area contributed by atoms with Crippen molar-refractivity contribution in [2.75, 3.05) is 19.5 Å². The van der Waals surface area contributed by atoms with E-state index in [2.05, 4.69) is 10.6 Å². The standard InChI is InChI=1S/C18H18FN3O3/c1-11(15-9-14(24-2)5-7-17(15)25-3)21-18(23)22-16-6-4-13(19)8-12(16)10-20/h4-9,11H,1-3H3,(H2,21,22,23). The summed E-state index contributed by atoms with van der Waals surface area (Å²) in [4.78, 5) is 12.2. The minimum Gasteiger partial charge on any atom is -0.497 e. The molecule has 1 atom stereocenters. The number of urea groups is 1. The first-order valence-electron chi connectivity index (χ1n) is 7.47. The third kappa shape index (κ3) is 4.38. The van der Waals surface area contributed by atoms with Crippen molar-refractivity contribution in [2.45, 2.75) is 13.0 Å². The number of carbonyl (C=O) groups excluding carboxylic acids is 1. The van der Waals surface area contributed by atoms with E-state index in [1.54, 1.807) is 32.2 Å². The zero-order valence-corrected chi connectivity index (χ0v) is 14.1. The SMILES string of the molecule is COc1ccc(OC)c(C(C)NC(=O)Nc2ccc(F)cc2C#N)c1. The largest absolute Gasteiger partial charge is 0.497 e. The number of anilines is 1. The van der Waals surface area contributed by atoms with Crippen molar-refractivity contribution < 1.29 is 18.7 Å². The van der Waals surface area contributed by atoms with Gasteiger partial charge >= 0.3 is 6.03 Å². The van der Waals surface area contributed by atoms with Gasteiger partial charge in [0.25, 0.3) is 0 Å². The highest BCUT2D eigenvalue weighted by molar-refractivity contribution is 5.91. The first-order chi connectivity index (χ1) is 12.0. The molecule has 25 heavy (non-hydrogen) atoms. The van der Waals surface area contributed by atoms with Gasteiger partial charge in [0.1, 0.15) is 23.4 Å². The van der Waals surface area contributed by atoms with Crippen LogP contribution in [0.4, 0.5) is 14.9 Å². The maximum atomic E-state index is 13.2. The van der Waals surface area contributed by atoms with Gasteiger partial charge < -0.3 is 20.1 Å². The molecular formula is C18H18FN3O3. The predicted molar refractivity (Wildman–Crippen MR) is 91.2 cm³/mol. The number of rotatable bonds is 5. The number of nitrogens with one attached hydrogen (secondary N) is 2. The molecule has 7 heteroatoms. The molecule has 6 nitrogen and oxygen atoms in total. The molecule has 0 bridgehead atoms. The molecule has 1 unspecified atom stereocenters. The number of hydrogen-bond donors (Lipinski definition) is 2. The third-order valence-electron chi connectivity index (χ3n) is 3.60. The van der Waals surface area contributed by atoms with Crippen LogP contribution in [0.25, 0.3) is 0 Å². The van der Waals surface area contributed by atoms with Gasteiger partial charge in [-0.05, 0) is 43.3 Å². The van der Waals surface area contributed by atoms with E-state index in [1.807, 2.05) is 6.07 Å². The molecule has 2 aromatic rings. The summed E-state index contributed by atoms with van der Waals surface area (Å²) in [5.74, 6) is 0.695. The second-order valence-electron chi connectivity index (χ2n) is 5.23. The summed E-state index contributed by atoms with van der Waals surface area (Å²) in [6.07, 6.45) is 0. The minimum atomic E-state index is -0.544. The maximum absolute atomic E-state index is 13.2. The van der Waals surface area contributed by atoms with Gasteiger partial charge in [-0.3, -0.25) is 0 Å². The molecule has 0 fully saturated rings. The fourth-order valence-corrected chi connectivity index (χ4v) is 2.33. The van der Waals surface area contributed by atoms with Gasteiger partial charge in [-0.2, -0.15) is 5.26 Å². The van der Waals surface area contributed by atoms with Crippen molar-refractivity contribution in [3.63, 3.8) is 0 Å². The quantitative estimate of drug-likeness (QED) is 0.869. The average molecular weight is 343 g/mol. The molecule has 130 valence electrons. The number of methoxy groups -OCH3 is 2. The number of halogens is 1. The van der Waals surface area contributed by atoms with E-state index in [0.29, 0.717) is 11.5 Å². The van der Waals surface area contributed by atoms with Gasteiger partial charge in [-0.1, -0.05) is 0 Å². The average Bonchev–Trinajstić information content (AvgIpc) is 2.62. The Morgan fingerprint density at radius 2 is 1.96 bits per heavy atom. The van der Waals surface area contributed by atoms with Crippen LogP contribution in [0.1, 0.15) is 24.1 Å². The number of nitriles is 1. The molecule has 0 saturated carbocycles. The lowest BCUT2D eigenvalue weighted by molar-refractivity contribution is 0.249. The van der Waals surface area contributed by atoms with Crippen molar-refractivity contribution in [3.8, 4) is 17.6 Å². The zero-order valence-electron chi connectivity index (χ0n) is 14.1. The van der Waals surface area contributed by atoms with E-state index in [1.165, 1.54) is 19.2 Å². The summed E-state index contributed by atoms with van der Waals surface area (Å²) in [5.41, 5.74) is 1.00. The summed E-state index contributed by atoms with van der Waals surface area (Å²) >= 11 is 0. The van der Waals surface area contributed by atoms with Crippen LogP contribution in [0.2, 0.25) is 0 Å². The summed E-state index contributed by atoms with van der Waals surface area (Å²) in [6.45, 7) is 1.78. The van der Waals surface area contributed by atoms with Gasteiger partial charge in [0.2, 0.25) is 0 Å². The molecular weight excluding hydrogens is 325 g/mol. The van der Waals surface area contributed by atoms with Gasteiger partial charge in [0.05, 0.1) is 31.5 Å². The van der Waals surface area contributed by atoms with Crippen molar-refractivity contribution in [1.82, 2.24) is 5.32 Å². The molecule has 0 saturated heterocycles. The van der Waals surface area contributed by atoms with E-state index in [4.69, 9.17) is 14.7 Å². The molecule has 0 aliphatic heterocycles. The van der Waals surface area contributed by atoms with E-state index in [-0.39, 0.29) is 11.3 Å². The van der Waals surface area contributed by atoms with Gasteiger partial charge in [0, 0.05) is 5.56 Å². The summed E-state index contributed by atoms with van der Waals surface area (Å²) in [7, 11) is 3.09. The Bertz CT molecular complexity index is 818. The Morgan fingerprint density at radius 3 is 2.60 bits per heavy atom. The van der Waals surface area contributed by atoms with Gasteiger partial charge in [0.15, 0.2) is 0 Å². The topological polar surface area (TPSA) is 83.4 Å². The highest BCUT2D eigenvalue weighted by Gasteiger charge is 2.16. The van der Waals surface area contributed by atoms with Crippen LogP contribution in [0.15, 0.2) is 36.4 Å². The minimum absolute atomic E-state index is 0.0433. The lowest BCUT2D eigenvalue weighted by Crippen LogP contribution is -2.31. The fraction of sp³-hybridized carbons (Fsp3) is 0.222. The van der Waals surface area contributed by atoms with E-state index < -0.39 is 17.9 Å². The smallest absolute Gasteiger partial charge is 0.319 e. The van der Waals surface area contributed by atoms with Crippen molar-refractivity contribution in [3.05, 3.63) is 53.3 Å². The Hall–Kier alpha value is -3.27. The second-order valence-corrected chi connectivity index (χ2v) is 5.23. The highest BCUT2D eigenvalue weighted by atomic mass is 19.1. The fourth-order valence-electron chi connectivity index (χ4n) is 2.33. The number of benzene rings is 2. The Morgan fingerprint density at radius 1 is 1.20 bits per heavy atom. The molecule has 2 aromatic carbocycles. The summed E-state index contributed by atoms with van der Waals surface area (Å²) < 4.78 is 23.6. The Balaban J connectivity index is 2.14. The molecule has 2 rings (SSSR count).